The van der Waals surface area contributed by atoms with E-state index in [0.717, 1.165) is 37.4 Å². The van der Waals surface area contributed by atoms with E-state index in [9.17, 15) is 8.78 Å². The highest BCUT2D eigenvalue weighted by Crippen LogP contribution is 2.40. The Morgan fingerprint density at radius 3 is 2.59 bits per heavy atom. The number of nitrogens with zero attached hydrogens (tertiary/aromatic N) is 4. The van der Waals surface area contributed by atoms with Crippen LogP contribution in [-0.4, -0.2) is 47.1 Å². The van der Waals surface area contributed by atoms with Crippen molar-refractivity contribution in [3.05, 3.63) is 35.7 Å². The van der Waals surface area contributed by atoms with Crippen LogP contribution in [0, 0.1) is 0 Å². The Morgan fingerprint density at radius 1 is 1.03 bits per heavy atom. The standard InChI is InChI=1S/C21H26F2N6/c22-21(23)6-10-29(13-21)20-26-17(15-3-7-24-8-4-15)12-19(28-20)27-18-11-16(5-9-25-18)14-1-2-14/h5,9,11-12,14-15,24H,1-4,6-8,10,13H2,(H,25,26,27,28). The Kier molecular flexibility index (Phi) is 4.81. The van der Waals surface area contributed by atoms with Gasteiger partial charge in [0.1, 0.15) is 11.6 Å². The van der Waals surface area contributed by atoms with E-state index in [-0.39, 0.29) is 19.5 Å². The maximum absolute atomic E-state index is 13.8. The number of alkyl halides is 2. The van der Waals surface area contributed by atoms with Gasteiger partial charge in [-0.3, -0.25) is 0 Å². The molecule has 0 amide bonds. The first-order valence-corrected chi connectivity index (χ1v) is 10.5. The summed E-state index contributed by atoms with van der Waals surface area (Å²) in [7, 11) is 0. The normalized spacial score (nSPS) is 22.1. The maximum Gasteiger partial charge on any atom is 0.267 e. The van der Waals surface area contributed by atoms with Crippen LogP contribution < -0.4 is 15.5 Å². The summed E-state index contributed by atoms with van der Waals surface area (Å²) < 4.78 is 27.6. The average Bonchev–Trinajstić information content (AvgIpc) is 3.51. The van der Waals surface area contributed by atoms with Crippen LogP contribution in [0.5, 0.6) is 0 Å². The third kappa shape index (κ3) is 4.32. The van der Waals surface area contributed by atoms with E-state index in [4.69, 9.17) is 4.98 Å². The molecule has 3 fully saturated rings. The zero-order chi connectivity index (χ0) is 19.8. The number of aromatic nitrogens is 3. The van der Waals surface area contributed by atoms with E-state index in [1.807, 2.05) is 12.3 Å². The van der Waals surface area contributed by atoms with Gasteiger partial charge in [-0.1, -0.05) is 0 Å². The van der Waals surface area contributed by atoms with Gasteiger partial charge in [0.05, 0.1) is 12.2 Å². The van der Waals surface area contributed by atoms with Crippen molar-refractivity contribution in [2.45, 2.75) is 49.9 Å². The molecule has 1 aliphatic carbocycles. The molecule has 3 aliphatic rings. The van der Waals surface area contributed by atoms with Crippen LogP contribution in [0.4, 0.5) is 26.4 Å². The van der Waals surface area contributed by atoms with Gasteiger partial charge in [0.15, 0.2) is 0 Å². The smallest absolute Gasteiger partial charge is 0.267 e. The second-order valence-electron chi connectivity index (χ2n) is 8.40. The van der Waals surface area contributed by atoms with Crippen molar-refractivity contribution in [1.82, 2.24) is 20.3 Å². The quantitative estimate of drug-likeness (QED) is 0.796. The monoisotopic (exact) mass is 400 g/mol. The van der Waals surface area contributed by atoms with Crippen LogP contribution in [0.25, 0.3) is 0 Å². The highest BCUT2D eigenvalue weighted by Gasteiger charge is 2.39. The molecular weight excluding hydrogens is 374 g/mol. The molecule has 6 nitrogen and oxygen atoms in total. The minimum absolute atomic E-state index is 0.151. The number of halogens is 2. The largest absolute Gasteiger partial charge is 0.334 e. The topological polar surface area (TPSA) is 66.0 Å². The molecule has 8 heteroatoms. The highest BCUT2D eigenvalue weighted by molar-refractivity contribution is 5.56. The lowest BCUT2D eigenvalue weighted by Crippen LogP contribution is -2.29. The number of anilines is 3. The molecule has 4 heterocycles. The Morgan fingerprint density at radius 2 is 1.86 bits per heavy atom. The Hall–Kier alpha value is -2.35. The van der Waals surface area contributed by atoms with Gasteiger partial charge in [-0.05, 0) is 62.4 Å². The number of hydrogen-bond donors (Lipinski definition) is 2. The second-order valence-corrected chi connectivity index (χ2v) is 8.40. The van der Waals surface area contributed by atoms with Gasteiger partial charge in [-0.25, -0.2) is 18.7 Å². The zero-order valence-corrected chi connectivity index (χ0v) is 16.4. The molecule has 29 heavy (non-hydrogen) atoms. The third-order valence-electron chi connectivity index (χ3n) is 6.03. The van der Waals surface area contributed by atoms with Crippen molar-refractivity contribution < 1.29 is 8.78 Å². The molecule has 5 rings (SSSR count). The first kappa shape index (κ1) is 18.7. The van der Waals surface area contributed by atoms with Gasteiger partial charge in [0, 0.05) is 31.1 Å². The molecule has 2 aliphatic heterocycles. The van der Waals surface area contributed by atoms with Crippen molar-refractivity contribution in [1.29, 1.82) is 0 Å². The lowest BCUT2D eigenvalue weighted by atomic mass is 9.94. The van der Waals surface area contributed by atoms with E-state index in [2.05, 4.69) is 32.7 Å². The molecule has 0 bridgehead atoms. The summed E-state index contributed by atoms with van der Waals surface area (Å²) in [5.74, 6) is 0.0198. The molecule has 0 atom stereocenters. The number of hydrogen-bond acceptors (Lipinski definition) is 6. The Balaban J connectivity index is 1.44. The predicted octanol–water partition coefficient (Wildman–Crippen LogP) is 3.81. The maximum atomic E-state index is 13.8. The minimum atomic E-state index is -2.68. The van der Waals surface area contributed by atoms with E-state index in [1.165, 1.54) is 18.4 Å². The van der Waals surface area contributed by atoms with Gasteiger partial charge < -0.3 is 15.5 Å². The van der Waals surface area contributed by atoms with Crippen LogP contribution in [-0.2, 0) is 0 Å². The highest BCUT2D eigenvalue weighted by atomic mass is 19.3. The van der Waals surface area contributed by atoms with E-state index < -0.39 is 5.92 Å². The molecular formula is C21H26F2N6. The SMILES string of the molecule is FC1(F)CCN(c2nc(Nc3cc(C4CC4)ccn3)cc(C3CCNCC3)n2)C1. The van der Waals surface area contributed by atoms with E-state index in [0.29, 0.717) is 23.6 Å². The molecule has 2 N–H and O–H groups in total. The molecule has 0 spiro atoms. The van der Waals surface area contributed by atoms with Crippen LogP contribution in [0.1, 0.15) is 55.2 Å². The van der Waals surface area contributed by atoms with Gasteiger partial charge in [-0.15, -0.1) is 0 Å². The van der Waals surface area contributed by atoms with Crippen molar-refractivity contribution in [3.63, 3.8) is 0 Å². The fourth-order valence-electron chi connectivity index (χ4n) is 4.21. The lowest BCUT2D eigenvalue weighted by molar-refractivity contribution is 0.0256. The molecule has 1 saturated carbocycles. The van der Waals surface area contributed by atoms with Gasteiger partial charge >= 0.3 is 0 Å². The third-order valence-corrected chi connectivity index (χ3v) is 6.03. The summed E-state index contributed by atoms with van der Waals surface area (Å²) in [5, 5.41) is 6.66. The molecule has 2 aromatic heterocycles. The second kappa shape index (κ2) is 7.48. The molecule has 0 radical (unpaired) electrons. The predicted molar refractivity (Wildman–Crippen MR) is 108 cm³/mol. The Bertz CT molecular complexity index is 879. The fraction of sp³-hybridized carbons (Fsp3) is 0.571. The first-order valence-electron chi connectivity index (χ1n) is 10.5. The van der Waals surface area contributed by atoms with Crippen molar-refractivity contribution in [2.75, 3.05) is 36.4 Å². The van der Waals surface area contributed by atoms with Crippen molar-refractivity contribution >= 4 is 17.6 Å². The van der Waals surface area contributed by atoms with Crippen LogP contribution >= 0.6 is 0 Å². The van der Waals surface area contributed by atoms with Crippen LogP contribution in [0.15, 0.2) is 24.4 Å². The van der Waals surface area contributed by atoms with Crippen LogP contribution in [0.3, 0.4) is 0 Å². The summed E-state index contributed by atoms with van der Waals surface area (Å²) in [6, 6.07) is 6.08. The summed E-state index contributed by atoms with van der Waals surface area (Å²) in [5.41, 5.74) is 2.21. The lowest BCUT2D eigenvalue weighted by Gasteiger charge is -2.24. The van der Waals surface area contributed by atoms with Crippen molar-refractivity contribution in [3.8, 4) is 0 Å². The van der Waals surface area contributed by atoms with Gasteiger partial charge in [0.2, 0.25) is 5.95 Å². The number of rotatable bonds is 5. The summed E-state index contributed by atoms with van der Waals surface area (Å²) in [6.45, 7) is 1.84. The number of nitrogens with one attached hydrogen (secondary N) is 2. The molecule has 2 aromatic rings. The molecule has 0 aromatic carbocycles. The molecule has 2 saturated heterocycles. The summed E-state index contributed by atoms with van der Waals surface area (Å²) in [4.78, 5) is 15.3. The minimum Gasteiger partial charge on any atom is -0.334 e. The van der Waals surface area contributed by atoms with E-state index in [1.54, 1.807) is 4.90 Å². The zero-order valence-electron chi connectivity index (χ0n) is 16.4. The van der Waals surface area contributed by atoms with Crippen LogP contribution in [0.2, 0.25) is 0 Å². The average molecular weight is 400 g/mol. The summed E-state index contributed by atoms with van der Waals surface area (Å²) in [6.07, 6.45) is 6.09. The van der Waals surface area contributed by atoms with E-state index >= 15 is 0 Å². The first-order chi connectivity index (χ1) is 14.1. The Labute approximate surface area is 169 Å². The summed E-state index contributed by atoms with van der Waals surface area (Å²) >= 11 is 0. The fourth-order valence-corrected chi connectivity index (χ4v) is 4.21. The number of piperidine rings is 1. The molecule has 154 valence electrons. The number of pyridine rings is 1. The van der Waals surface area contributed by atoms with Gasteiger partial charge in [0.25, 0.3) is 5.92 Å². The molecule has 0 unspecified atom stereocenters. The van der Waals surface area contributed by atoms with Crippen molar-refractivity contribution in [2.24, 2.45) is 0 Å². The van der Waals surface area contributed by atoms with Gasteiger partial charge in [-0.2, -0.15) is 4.98 Å².